The highest BCUT2D eigenvalue weighted by molar-refractivity contribution is 7.98. The molecule has 0 saturated carbocycles. The third kappa shape index (κ3) is 4.43. The van der Waals surface area contributed by atoms with Gasteiger partial charge in [0.25, 0.3) is 0 Å². The van der Waals surface area contributed by atoms with Gasteiger partial charge in [-0.3, -0.25) is 5.10 Å². The number of hydrogen-bond acceptors (Lipinski definition) is 7. The molecule has 4 aromatic rings. The molecular weight excluding hydrogens is 390 g/mol. The van der Waals surface area contributed by atoms with Crippen LogP contribution in [-0.2, 0) is 12.4 Å². The predicted molar refractivity (Wildman–Crippen MR) is 110 cm³/mol. The molecule has 7 nitrogen and oxygen atoms in total. The van der Waals surface area contributed by atoms with Crippen LogP contribution in [0.1, 0.15) is 17.0 Å². The SMILES string of the molecule is COc1ccc2c(CSc3n[nH]c(COc4ccccc4C)n3)cc(=O)oc2c1. The van der Waals surface area contributed by atoms with Gasteiger partial charge in [-0.15, -0.1) is 5.10 Å². The number of H-pyrrole nitrogens is 1. The van der Waals surface area contributed by atoms with E-state index in [0.29, 0.717) is 34.7 Å². The molecule has 0 amide bonds. The summed E-state index contributed by atoms with van der Waals surface area (Å²) in [5, 5.41) is 8.56. The number of rotatable bonds is 7. The van der Waals surface area contributed by atoms with Crippen LogP contribution in [0.4, 0.5) is 0 Å². The second kappa shape index (κ2) is 8.40. The fraction of sp³-hybridized carbons (Fsp3) is 0.190. The molecule has 2 aromatic carbocycles. The summed E-state index contributed by atoms with van der Waals surface area (Å²) in [6, 6.07) is 14.7. The highest BCUT2D eigenvalue weighted by Crippen LogP contribution is 2.27. The van der Waals surface area contributed by atoms with Crippen LogP contribution in [0.5, 0.6) is 11.5 Å². The molecule has 8 heteroatoms. The van der Waals surface area contributed by atoms with Gasteiger partial charge in [-0.25, -0.2) is 9.78 Å². The van der Waals surface area contributed by atoms with Gasteiger partial charge in [-0.1, -0.05) is 30.0 Å². The molecule has 0 unspecified atom stereocenters. The fourth-order valence-corrected chi connectivity index (χ4v) is 3.68. The smallest absolute Gasteiger partial charge is 0.336 e. The number of aromatic amines is 1. The molecule has 0 radical (unpaired) electrons. The lowest BCUT2D eigenvalue weighted by Gasteiger charge is -2.06. The number of benzene rings is 2. The average Bonchev–Trinajstić information content (AvgIpc) is 3.18. The molecule has 148 valence electrons. The zero-order valence-corrected chi connectivity index (χ0v) is 16.8. The summed E-state index contributed by atoms with van der Waals surface area (Å²) in [5.74, 6) is 2.62. The zero-order valence-electron chi connectivity index (χ0n) is 16.0. The molecule has 0 atom stereocenters. The molecule has 4 rings (SSSR count). The normalized spacial score (nSPS) is 11.0. The van der Waals surface area contributed by atoms with Crippen molar-refractivity contribution in [2.45, 2.75) is 24.4 Å². The minimum absolute atomic E-state index is 0.302. The maximum atomic E-state index is 11.9. The Morgan fingerprint density at radius 1 is 1.17 bits per heavy atom. The Balaban J connectivity index is 1.45. The zero-order chi connectivity index (χ0) is 20.2. The Kier molecular flexibility index (Phi) is 5.53. The Labute approximate surface area is 171 Å². The number of aryl methyl sites for hydroxylation is 1. The fourth-order valence-electron chi connectivity index (χ4n) is 2.87. The molecule has 0 aliphatic heterocycles. The number of thioether (sulfide) groups is 1. The van der Waals surface area contributed by atoms with Crippen molar-refractivity contribution in [2.75, 3.05) is 7.11 Å². The molecule has 1 N–H and O–H groups in total. The van der Waals surface area contributed by atoms with Crippen molar-refractivity contribution in [1.82, 2.24) is 15.2 Å². The predicted octanol–water partition coefficient (Wildman–Crippen LogP) is 4.10. The lowest BCUT2D eigenvalue weighted by molar-refractivity contribution is 0.294. The van der Waals surface area contributed by atoms with Crippen molar-refractivity contribution in [3.8, 4) is 11.5 Å². The molecule has 0 fully saturated rings. The highest BCUT2D eigenvalue weighted by Gasteiger charge is 2.10. The maximum Gasteiger partial charge on any atom is 0.336 e. The molecule has 2 aromatic heterocycles. The van der Waals surface area contributed by atoms with E-state index >= 15 is 0 Å². The highest BCUT2D eigenvalue weighted by atomic mass is 32.2. The van der Waals surface area contributed by atoms with Crippen LogP contribution in [-0.4, -0.2) is 22.3 Å². The van der Waals surface area contributed by atoms with Gasteiger partial charge in [0.15, 0.2) is 5.82 Å². The van der Waals surface area contributed by atoms with E-state index in [0.717, 1.165) is 22.3 Å². The van der Waals surface area contributed by atoms with Gasteiger partial charge in [-0.2, -0.15) is 0 Å². The van der Waals surface area contributed by atoms with E-state index in [1.54, 1.807) is 13.2 Å². The minimum atomic E-state index is -0.399. The number of fused-ring (bicyclic) bond motifs is 1. The number of hydrogen-bond donors (Lipinski definition) is 1. The summed E-state index contributed by atoms with van der Waals surface area (Å²) < 4.78 is 16.3. The largest absolute Gasteiger partial charge is 0.497 e. The number of nitrogens with one attached hydrogen (secondary N) is 1. The monoisotopic (exact) mass is 409 g/mol. The van der Waals surface area contributed by atoms with E-state index in [2.05, 4.69) is 15.2 Å². The molecule has 0 aliphatic rings. The van der Waals surface area contributed by atoms with E-state index in [-0.39, 0.29) is 0 Å². The molecule has 2 heterocycles. The van der Waals surface area contributed by atoms with Gasteiger partial charge in [0.2, 0.25) is 5.16 Å². The summed E-state index contributed by atoms with van der Waals surface area (Å²) in [6.45, 7) is 2.30. The first kappa shape index (κ1) is 19.1. The van der Waals surface area contributed by atoms with Crippen molar-refractivity contribution < 1.29 is 13.9 Å². The summed E-state index contributed by atoms with van der Waals surface area (Å²) >= 11 is 1.43. The molecule has 0 bridgehead atoms. The lowest BCUT2D eigenvalue weighted by Crippen LogP contribution is -2.00. The van der Waals surface area contributed by atoms with Crippen LogP contribution in [0, 0.1) is 6.92 Å². The number of methoxy groups -OCH3 is 1. The number of ether oxygens (including phenoxy) is 2. The second-order valence-corrected chi connectivity index (χ2v) is 7.30. The van der Waals surface area contributed by atoms with Gasteiger partial charge in [0.05, 0.1) is 7.11 Å². The maximum absolute atomic E-state index is 11.9. The Hall–Kier alpha value is -3.26. The van der Waals surface area contributed by atoms with Crippen LogP contribution < -0.4 is 15.1 Å². The van der Waals surface area contributed by atoms with Gasteiger partial charge in [-0.05, 0) is 36.2 Å². The molecular formula is C21H19N3O4S. The van der Waals surface area contributed by atoms with Gasteiger partial charge in [0, 0.05) is 23.3 Å². The molecule has 0 spiro atoms. The Morgan fingerprint density at radius 2 is 2.03 bits per heavy atom. The standard InChI is InChI=1S/C21H19N3O4S/c1-13-5-3-4-6-17(13)27-11-19-22-21(24-23-19)29-12-14-9-20(25)28-18-10-15(26-2)7-8-16(14)18/h3-10H,11-12H2,1-2H3,(H,22,23,24). The lowest BCUT2D eigenvalue weighted by atomic mass is 10.1. The molecule has 29 heavy (non-hydrogen) atoms. The summed E-state index contributed by atoms with van der Waals surface area (Å²) in [6.07, 6.45) is 0. The topological polar surface area (TPSA) is 90.2 Å². The quantitative estimate of drug-likeness (QED) is 0.363. The van der Waals surface area contributed by atoms with Crippen molar-refractivity contribution in [1.29, 1.82) is 0 Å². The van der Waals surface area contributed by atoms with Gasteiger partial charge >= 0.3 is 5.63 Å². The number of aromatic nitrogens is 3. The van der Waals surface area contributed by atoms with Gasteiger partial charge in [0.1, 0.15) is 23.7 Å². The van der Waals surface area contributed by atoms with Crippen molar-refractivity contribution in [3.63, 3.8) is 0 Å². The van der Waals surface area contributed by atoms with Crippen LogP contribution in [0.25, 0.3) is 11.0 Å². The van der Waals surface area contributed by atoms with E-state index in [1.807, 2.05) is 43.3 Å². The van der Waals surface area contributed by atoms with Crippen LogP contribution in [0.15, 0.2) is 62.9 Å². The first-order valence-electron chi connectivity index (χ1n) is 8.95. The summed E-state index contributed by atoms with van der Waals surface area (Å²) in [5.41, 5.74) is 2.01. The van der Waals surface area contributed by atoms with Crippen LogP contribution in [0.3, 0.4) is 0 Å². The first-order valence-corrected chi connectivity index (χ1v) is 9.94. The van der Waals surface area contributed by atoms with E-state index in [9.17, 15) is 4.79 Å². The van der Waals surface area contributed by atoms with Crippen molar-refractivity contribution >= 4 is 22.7 Å². The number of para-hydroxylation sites is 1. The average molecular weight is 409 g/mol. The molecule has 0 aliphatic carbocycles. The second-order valence-electron chi connectivity index (χ2n) is 6.36. The van der Waals surface area contributed by atoms with Crippen molar-refractivity contribution in [3.05, 3.63) is 75.9 Å². The van der Waals surface area contributed by atoms with Crippen molar-refractivity contribution in [2.24, 2.45) is 0 Å². The third-order valence-electron chi connectivity index (χ3n) is 4.36. The summed E-state index contributed by atoms with van der Waals surface area (Å²) in [7, 11) is 1.57. The Morgan fingerprint density at radius 3 is 2.86 bits per heavy atom. The first-order chi connectivity index (χ1) is 14.1. The van der Waals surface area contributed by atoms with Crippen LogP contribution >= 0.6 is 11.8 Å². The minimum Gasteiger partial charge on any atom is -0.497 e. The molecule has 0 saturated heterocycles. The van der Waals surface area contributed by atoms with E-state index < -0.39 is 5.63 Å². The Bertz CT molecular complexity index is 1200. The van der Waals surface area contributed by atoms with E-state index in [4.69, 9.17) is 13.9 Å². The summed E-state index contributed by atoms with van der Waals surface area (Å²) in [4.78, 5) is 16.3. The number of nitrogens with zero attached hydrogens (tertiary/aromatic N) is 2. The van der Waals surface area contributed by atoms with Gasteiger partial charge < -0.3 is 13.9 Å². The van der Waals surface area contributed by atoms with Crippen LogP contribution in [0.2, 0.25) is 0 Å². The van der Waals surface area contributed by atoms with E-state index in [1.165, 1.54) is 17.8 Å². The third-order valence-corrected chi connectivity index (χ3v) is 5.26.